The molecule has 22 heavy (non-hydrogen) atoms. The molecular formula is C18H23ClN2O. The number of halogens is 1. The molecule has 0 radical (unpaired) electrons. The predicted molar refractivity (Wildman–Crippen MR) is 88.2 cm³/mol. The molecule has 1 aromatic rings. The first-order valence-electron chi connectivity index (χ1n) is 8.37. The Hall–Kier alpha value is -1.06. The van der Waals surface area contributed by atoms with Crippen LogP contribution >= 0.6 is 12.4 Å². The fraction of sp³-hybridized carbons (Fsp3) is 0.611. The van der Waals surface area contributed by atoms with Crippen molar-refractivity contribution in [2.45, 2.75) is 37.6 Å². The third kappa shape index (κ3) is 2.02. The van der Waals surface area contributed by atoms with Crippen LogP contribution in [-0.2, 0) is 11.2 Å². The van der Waals surface area contributed by atoms with E-state index in [2.05, 4.69) is 34.9 Å². The van der Waals surface area contributed by atoms with E-state index in [1.54, 1.807) is 0 Å². The molecule has 1 spiro atoms. The summed E-state index contributed by atoms with van der Waals surface area (Å²) in [7, 11) is 0. The molecule has 0 aromatic heterocycles. The van der Waals surface area contributed by atoms with Gasteiger partial charge in [-0.15, -0.1) is 12.4 Å². The van der Waals surface area contributed by atoms with Crippen LogP contribution in [0, 0.1) is 17.3 Å². The third-order valence-electron chi connectivity index (χ3n) is 6.45. The Morgan fingerprint density at radius 3 is 2.82 bits per heavy atom. The van der Waals surface area contributed by atoms with Gasteiger partial charge < -0.3 is 10.6 Å². The maximum Gasteiger partial charge on any atom is 0.223 e. The fourth-order valence-corrected chi connectivity index (χ4v) is 5.01. The van der Waals surface area contributed by atoms with Crippen molar-refractivity contribution < 1.29 is 4.79 Å². The molecule has 4 heteroatoms. The van der Waals surface area contributed by atoms with Crippen LogP contribution in [0.1, 0.15) is 36.3 Å². The minimum atomic E-state index is 0. The molecule has 1 saturated heterocycles. The molecule has 3 fully saturated rings. The third-order valence-corrected chi connectivity index (χ3v) is 6.45. The Morgan fingerprint density at radius 1 is 1.23 bits per heavy atom. The van der Waals surface area contributed by atoms with E-state index in [-0.39, 0.29) is 12.4 Å². The van der Waals surface area contributed by atoms with Crippen LogP contribution in [0.15, 0.2) is 24.3 Å². The van der Waals surface area contributed by atoms with Crippen molar-refractivity contribution >= 4 is 18.3 Å². The summed E-state index contributed by atoms with van der Waals surface area (Å²) >= 11 is 0. The van der Waals surface area contributed by atoms with Gasteiger partial charge >= 0.3 is 0 Å². The molecule has 4 aliphatic rings. The SMILES string of the molecule is Cl.O=C(NC1C2Cc3ccccc3C21)C1CC12CCNCC2. The van der Waals surface area contributed by atoms with Gasteiger partial charge in [0.25, 0.3) is 0 Å². The van der Waals surface area contributed by atoms with Gasteiger partial charge in [-0.3, -0.25) is 4.79 Å². The molecule has 1 aromatic carbocycles. The smallest absolute Gasteiger partial charge is 0.223 e. The van der Waals surface area contributed by atoms with E-state index in [1.165, 1.54) is 24.0 Å². The van der Waals surface area contributed by atoms with Gasteiger partial charge in [0, 0.05) is 17.9 Å². The summed E-state index contributed by atoms with van der Waals surface area (Å²) in [4.78, 5) is 12.5. The molecule has 1 heterocycles. The van der Waals surface area contributed by atoms with Gasteiger partial charge in [0.1, 0.15) is 0 Å². The Labute approximate surface area is 137 Å². The van der Waals surface area contributed by atoms with Crippen LogP contribution in [0.5, 0.6) is 0 Å². The topological polar surface area (TPSA) is 41.1 Å². The van der Waals surface area contributed by atoms with Crippen molar-refractivity contribution in [1.82, 2.24) is 10.6 Å². The van der Waals surface area contributed by atoms with Crippen LogP contribution in [0.4, 0.5) is 0 Å². The van der Waals surface area contributed by atoms with Gasteiger partial charge in [-0.25, -0.2) is 0 Å². The van der Waals surface area contributed by atoms with Gasteiger partial charge in [-0.05, 0) is 61.2 Å². The summed E-state index contributed by atoms with van der Waals surface area (Å²) in [5.41, 5.74) is 3.34. The van der Waals surface area contributed by atoms with E-state index >= 15 is 0 Å². The van der Waals surface area contributed by atoms with Crippen molar-refractivity contribution in [2.24, 2.45) is 17.3 Å². The average Bonchev–Trinajstić information content (AvgIpc) is 3.33. The fourth-order valence-electron chi connectivity index (χ4n) is 5.01. The van der Waals surface area contributed by atoms with Gasteiger partial charge in [0.2, 0.25) is 5.91 Å². The molecule has 2 N–H and O–H groups in total. The lowest BCUT2D eigenvalue weighted by atomic mass is 9.91. The molecule has 4 atom stereocenters. The van der Waals surface area contributed by atoms with Crippen LogP contribution in [0.3, 0.4) is 0 Å². The van der Waals surface area contributed by atoms with E-state index < -0.39 is 0 Å². The van der Waals surface area contributed by atoms with Gasteiger partial charge in [0.15, 0.2) is 0 Å². The number of rotatable bonds is 2. The first kappa shape index (κ1) is 14.5. The Bertz CT molecular complexity index is 611. The van der Waals surface area contributed by atoms with Crippen molar-refractivity contribution in [3.63, 3.8) is 0 Å². The first-order chi connectivity index (χ1) is 10.3. The van der Waals surface area contributed by atoms with Crippen LogP contribution in [0.25, 0.3) is 0 Å². The Balaban J connectivity index is 0.00000125. The number of amides is 1. The normalized spacial score (nSPS) is 36.0. The minimum absolute atomic E-state index is 0. The quantitative estimate of drug-likeness (QED) is 0.878. The van der Waals surface area contributed by atoms with Crippen molar-refractivity contribution in [3.05, 3.63) is 35.4 Å². The lowest BCUT2D eigenvalue weighted by Crippen LogP contribution is -2.35. The number of carbonyl (C=O) groups excluding carboxylic acids is 1. The highest BCUT2D eigenvalue weighted by molar-refractivity contribution is 5.85. The number of fused-ring (bicyclic) bond motifs is 3. The van der Waals surface area contributed by atoms with Crippen molar-refractivity contribution in [1.29, 1.82) is 0 Å². The number of hydrogen-bond donors (Lipinski definition) is 2. The predicted octanol–water partition coefficient (Wildman–Crippen LogP) is 2.25. The zero-order chi connectivity index (χ0) is 14.0. The first-order valence-corrected chi connectivity index (χ1v) is 8.37. The maximum absolute atomic E-state index is 12.5. The summed E-state index contributed by atoms with van der Waals surface area (Å²) in [6, 6.07) is 9.17. The van der Waals surface area contributed by atoms with E-state index in [0.717, 1.165) is 25.9 Å². The molecular weight excluding hydrogens is 296 g/mol. The summed E-state index contributed by atoms with van der Waals surface area (Å²) in [6.45, 7) is 2.18. The van der Waals surface area contributed by atoms with Crippen LogP contribution in [-0.4, -0.2) is 25.0 Å². The molecule has 5 rings (SSSR count). The highest BCUT2D eigenvalue weighted by atomic mass is 35.5. The lowest BCUT2D eigenvalue weighted by molar-refractivity contribution is -0.123. The number of benzene rings is 1. The van der Waals surface area contributed by atoms with Gasteiger partial charge in [-0.2, -0.15) is 0 Å². The van der Waals surface area contributed by atoms with E-state index in [4.69, 9.17) is 0 Å². The second-order valence-corrected chi connectivity index (χ2v) is 7.50. The molecule has 0 bridgehead atoms. The number of carbonyl (C=O) groups is 1. The Morgan fingerprint density at radius 2 is 2.00 bits per heavy atom. The lowest BCUT2D eigenvalue weighted by Gasteiger charge is -2.23. The minimum Gasteiger partial charge on any atom is -0.352 e. The summed E-state index contributed by atoms with van der Waals surface area (Å²) in [5.74, 6) is 1.92. The van der Waals surface area contributed by atoms with Crippen LogP contribution < -0.4 is 10.6 Å². The summed E-state index contributed by atoms with van der Waals surface area (Å²) in [6.07, 6.45) is 4.65. The highest BCUT2D eigenvalue weighted by Gasteiger charge is 2.61. The van der Waals surface area contributed by atoms with Gasteiger partial charge in [0.05, 0.1) is 0 Å². The number of hydrogen-bond acceptors (Lipinski definition) is 2. The number of nitrogens with one attached hydrogen (secondary N) is 2. The zero-order valence-corrected chi connectivity index (χ0v) is 13.5. The molecule has 3 nitrogen and oxygen atoms in total. The number of piperidine rings is 1. The second-order valence-electron chi connectivity index (χ2n) is 7.50. The monoisotopic (exact) mass is 318 g/mol. The summed E-state index contributed by atoms with van der Waals surface area (Å²) in [5, 5.41) is 6.78. The summed E-state index contributed by atoms with van der Waals surface area (Å²) < 4.78 is 0. The Kier molecular flexibility index (Phi) is 3.28. The molecule has 1 amide bonds. The largest absolute Gasteiger partial charge is 0.352 e. The highest BCUT2D eigenvalue weighted by Crippen LogP contribution is 2.60. The van der Waals surface area contributed by atoms with E-state index in [0.29, 0.717) is 35.1 Å². The van der Waals surface area contributed by atoms with Crippen molar-refractivity contribution in [2.75, 3.05) is 13.1 Å². The molecule has 2 saturated carbocycles. The standard InChI is InChI=1S/C18H22N2O.ClH/c21-17(14-10-18(14)5-7-19-8-6-18)20-16-13-9-11-3-1-2-4-12(11)15(13)16;/h1-4,13-16,19H,5-10H2,(H,20,21);1H. The average molecular weight is 319 g/mol. The van der Waals surface area contributed by atoms with E-state index in [9.17, 15) is 4.79 Å². The van der Waals surface area contributed by atoms with E-state index in [1.807, 2.05) is 0 Å². The van der Waals surface area contributed by atoms with Gasteiger partial charge in [-0.1, -0.05) is 24.3 Å². The zero-order valence-electron chi connectivity index (χ0n) is 12.7. The maximum atomic E-state index is 12.5. The molecule has 3 aliphatic carbocycles. The molecule has 4 unspecified atom stereocenters. The second kappa shape index (κ2) is 4.97. The van der Waals surface area contributed by atoms with Crippen molar-refractivity contribution in [3.8, 4) is 0 Å². The molecule has 118 valence electrons. The molecule has 1 aliphatic heterocycles. The van der Waals surface area contributed by atoms with Crippen LogP contribution in [0.2, 0.25) is 0 Å².